The van der Waals surface area contributed by atoms with Gasteiger partial charge in [-0.05, 0) is 18.4 Å². The third-order valence-electron chi connectivity index (χ3n) is 3.02. The highest BCUT2D eigenvalue weighted by Crippen LogP contribution is 2.36. The van der Waals surface area contributed by atoms with E-state index in [9.17, 15) is 10.1 Å². The third-order valence-corrected chi connectivity index (χ3v) is 3.02. The van der Waals surface area contributed by atoms with Gasteiger partial charge in [0.15, 0.2) is 0 Å². The van der Waals surface area contributed by atoms with E-state index < -0.39 is 0 Å². The molecule has 78 valence electrons. The topological polar surface area (TPSA) is 69.2 Å². The molecule has 0 bridgehead atoms. The van der Waals surface area contributed by atoms with Crippen LogP contribution in [0, 0.1) is 21.4 Å². The molecule has 0 aromatic carbocycles. The zero-order chi connectivity index (χ0) is 10.8. The van der Waals surface area contributed by atoms with Gasteiger partial charge < -0.3 is 5.73 Å². The highest BCUT2D eigenvalue weighted by molar-refractivity contribution is 5.22. The number of allylic oxidation sites excluding steroid dienone is 2. The van der Waals surface area contributed by atoms with Crippen LogP contribution in [0.25, 0.3) is 0 Å². The number of hydrogen-bond acceptors (Lipinski definition) is 3. The lowest BCUT2D eigenvalue weighted by molar-refractivity contribution is -0.419. The average molecular weight is 196 g/mol. The lowest BCUT2D eigenvalue weighted by Gasteiger charge is -2.33. The van der Waals surface area contributed by atoms with Crippen molar-refractivity contribution in [3.63, 3.8) is 0 Å². The predicted molar refractivity (Wildman–Crippen MR) is 55.2 cm³/mol. The molecule has 1 atom stereocenters. The number of rotatable bonds is 3. The van der Waals surface area contributed by atoms with Crippen molar-refractivity contribution >= 4 is 0 Å². The van der Waals surface area contributed by atoms with E-state index in [1.165, 1.54) is 0 Å². The first kappa shape index (κ1) is 10.9. The summed E-state index contributed by atoms with van der Waals surface area (Å²) < 4.78 is 0. The molecule has 0 fully saturated rings. The molecule has 0 heterocycles. The van der Waals surface area contributed by atoms with Gasteiger partial charge in [-0.2, -0.15) is 0 Å². The van der Waals surface area contributed by atoms with E-state index in [-0.39, 0.29) is 16.0 Å². The molecule has 2 N–H and O–H groups in total. The van der Waals surface area contributed by atoms with Gasteiger partial charge in [0.2, 0.25) is 0 Å². The van der Waals surface area contributed by atoms with E-state index in [1.807, 2.05) is 6.08 Å². The Morgan fingerprint density at radius 3 is 2.64 bits per heavy atom. The van der Waals surface area contributed by atoms with Gasteiger partial charge in [0.25, 0.3) is 5.70 Å². The van der Waals surface area contributed by atoms with Gasteiger partial charge in [0, 0.05) is 18.0 Å². The minimum atomic E-state index is -0.364. The third kappa shape index (κ3) is 1.85. The van der Waals surface area contributed by atoms with Gasteiger partial charge >= 0.3 is 0 Å². The predicted octanol–water partition coefficient (Wildman–Crippen LogP) is 1.71. The molecule has 0 aliphatic heterocycles. The summed E-state index contributed by atoms with van der Waals surface area (Å²) in [6, 6.07) is 0. The van der Waals surface area contributed by atoms with Crippen LogP contribution in [0.3, 0.4) is 0 Å². The van der Waals surface area contributed by atoms with Crippen molar-refractivity contribution in [2.75, 3.05) is 6.54 Å². The molecule has 4 heteroatoms. The molecule has 0 aromatic rings. The van der Waals surface area contributed by atoms with E-state index in [2.05, 4.69) is 13.8 Å². The van der Waals surface area contributed by atoms with Crippen LogP contribution in [0.5, 0.6) is 0 Å². The molecule has 0 spiro atoms. The monoisotopic (exact) mass is 196 g/mol. The molecule has 0 amide bonds. The van der Waals surface area contributed by atoms with Crippen LogP contribution in [0.4, 0.5) is 0 Å². The Hall–Kier alpha value is -1.16. The van der Waals surface area contributed by atoms with Crippen molar-refractivity contribution in [3.8, 4) is 0 Å². The maximum Gasteiger partial charge on any atom is 0.265 e. The largest absolute Gasteiger partial charge is 0.330 e. The second kappa shape index (κ2) is 3.92. The Bertz CT molecular complexity index is 294. The van der Waals surface area contributed by atoms with Gasteiger partial charge in [-0.25, -0.2) is 0 Å². The summed E-state index contributed by atoms with van der Waals surface area (Å²) in [5.41, 5.74) is 5.79. The first-order valence-corrected chi connectivity index (χ1v) is 4.76. The van der Waals surface area contributed by atoms with Crippen LogP contribution < -0.4 is 5.73 Å². The van der Waals surface area contributed by atoms with Crippen molar-refractivity contribution < 1.29 is 4.92 Å². The number of hydrogen-bond donors (Lipinski definition) is 1. The summed E-state index contributed by atoms with van der Waals surface area (Å²) >= 11 is 0. The van der Waals surface area contributed by atoms with E-state index in [0.29, 0.717) is 18.9 Å². The number of nitrogens with two attached hydrogens (primary N) is 1. The highest BCUT2D eigenvalue weighted by atomic mass is 16.6. The molecule has 0 radical (unpaired) electrons. The Kier molecular flexibility index (Phi) is 3.06. The van der Waals surface area contributed by atoms with Gasteiger partial charge in [-0.15, -0.1) is 0 Å². The summed E-state index contributed by atoms with van der Waals surface area (Å²) in [5.74, 6) is 0.397. The zero-order valence-electron chi connectivity index (χ0n) is 8.56. The fraction of sp³-hybridized carbons (Fsp3) is 0.600. The standard InChI is InChI=1S/C10H16N2O2/c1-8(2)10(7-11)5-3-9(4-6-10)12(13)14/h3-5,8H,6-7,11H2,1-2H3. The van der Waals surface area contributed by atoms with Crippen LogP contribution >= 0.6 is 0 Å². The van der Waals surface area contributed by atoms with Crippen molar-refractivity contribution in [2.24, 2.45) is 17.1 Å². The van der Waals surface area contributed by atoms with Gasteiger partial charge in [-0.3, -0.25) is 10.1 Å². The first-order chi connectivity index (χ1) is 6.52. The highest BCUT2D eigenvalue weighted by Gasteiger charge is 2.32. The van der Waals surface area contributed by atoms with Gasteiger partial charge in [0.1, 0.15) is 0 Å². The number of nitro groups is 1. The average Bonchev–Trinajstić information content (AvgIpc) is 2.17. The van der Waals surface area contributed by atoms with Gasteiger partial charge in [0.05, 0.1) is 4.92 Å². The van der Waals surface area contributed by atoms with E-state index in [1.54, 1.807) is 12.2 Å². The smallest absolute Gasteiger partial charge is 0.265 e. The second-order valence-corrected chi connectivity index (χ2v) is 4.02. The first-order valence-electron chi connectivity index (χ1n) is 4.76. The minimum Gasteiger partial charge on any atom is -0.330 e. The van der Waals surface area contributed by atoms with Crippen LogP contribution in [-0.2, 0) is 0 Å². The summed E-state index contributed by atoms with van der Waals surface area (Å²) in [4.78, 5) is 10.1. The van der Waals surface area contributed by atoms with Crippen molar-refractivity contribution in [1.29, 1.82) is 0 Å². The summed E-state index contributed by atoms with van der Waals surface area (Å²) in [5, 5.41) is 10.5. The lowest BCUT2D eigenvalue weighted by Crippen LogP contribution is -2.34. The SMILES string of the molecule is CC(C)C1(CN)C=CC([N+](=O)[O-])=CC1. The Morgan fingerprint density at radius 1 is 1.71 bits per heavy atom. The molecule has 1 aliphatic rings. The van der Waals surface area contributed by atoms with Crippen LogP contribution in [0.2, 0.25) is 0 Å². The maximum absolute atomic E-state index is 10.5. The molecular weight excluding hydrogens is 180 g/mol. The van der Waals surface area contributed by atoms with E-state index in [0.717, 1.165) is 0 Å². The molecule has 1 unspecified atom stereocenters. The summed E-state index contributed by atoms with van der Waals surface area (Å²) in [6.45, 7) is 4.70. The van der Waals surface area contributed by atoms with E-state index in [4.69, 9.17) is 5.73 Å². The fourth-order valence-electron chi connectivity index (χ4n) is 1.63. The second-order valence-electron chi connectivity index (χ2n) is 4.02. The summed E-state index contributed by atoms with van der Waals surface area (Å²) in [7, 11) is 0. The molecular formula is C10H16N2O2. The molecule has 4 nitrogen and oxygen atoms in total. The normalized spacial score (nSPS) is 26.4. The minimum absolute atomic E-state index is 0.0977. The van der Waals surface area contributed by atoms with E-state index >= 15 is 0 Å². The maximum atomic E-state index is 10.5. The van der Waals surface area contributed by atoms with Gasteiger partial charge in [-0.1, -0.05) is 19.9 Å². The van der Waals surface area contributed by atoms with Crippen molar-refractivity contribution in [2.45, 2.75) is 20.3 Å². The lowest BCUT2D eigenvalue weighted by atomic mass is 9.72. The Morgan fingerprint density at radius 2 is 2.36 bits per heavy atom. The Labute approximate surface area is 83.6 Å². The zero-order valence-corrected chi connectivity index (χ0v) is 8.56. The van der Waals surface area contributed by atoms with Crippen LogP contribution in [-0.4, -0.2) is 11.5 Å². The van der Waals surface area contributed by atoms with Crippen molar-refractivity contribution in [1.82, 2.24) is 0 Å². The molecule has 1 rings (SSSR count). The molecule has 0 aromatic heterocycles. The fourth-order valence-corrected chi connectivity index (χ4v) is 1.63. The summed E-state index contributed by atoms with van der Waals surface area (Å²) in [6.07, 6.45) is 5.77. The Balaban J connectivity index is 2.85. The molecule has 0 saturated carbocycles. The number of nitrogens with zero attached hydrogens (tertiary/aromatic N) is 1. The molecule has 1 aliphatic carbocycles. The van der Waals surface area contributed by atoms with Crippen LogP contribution in [0.15, 0.2) is 23.9 Å². The quantitative estimate of drug-likeness (QED) is 0.551. The molecule has 0 saturated heterocycles. The van der Waals surface area contributed by atoms with Crippen LogP contribution in [0.1, 0.15) is 20.3 Å². The molecule has 14 heavy (non-hydrogen) atoms. The van der Waals surface area contributed by atoms with Crippen molar-refractivity contribution in [3.05, 3.63) is 34.0 Å².